The van der Waals surface area contributed by atoms with E-state index in [4.69, 9.17) is 10.8 Å². The molecular weight excluding hydrogens is 174 g/mol. The van der Waals surface area contributed by atoms with Crippen molar-refractivity contribution in [2.75, 3.05) is 11.5 Å². The molecule has 3 nitrogen and oxygen atoms in total. The first-order chi connectivity index (χ1) is 5.50. The largest absolute Gasteiger partial charge is 0.480 e. The molecule has 0 aliphatic carbocycles. The first kappa shape index (κ1) is 11.8. The minimum absolute atomic E-state index is 0.535. The second kappa shape index (κ2) is 5.43. The highest BCUT2D eigenvalue weighted by molar-refractivity contribution is 7.99. The van der Waals surface area contributed by atoms with Gasteiger partial charge in [0.25, 0.3) is 0 Å². The molecule has 0 saturated carbocycles. The van der Waals surface area contributed by atoms with Crippen LogP contribution in [-0.4, -0.2) is 28.1 Å². The molecule has 0 amide bonds. The molecule has 3 N–H and O–H groups in total. The smallest absolute Gasteiger partial charge is 0.323 e. The first-order valence-corrected chi connectivity index (χ1v) is 5.26. The van der Waals surface area contributed by atoms with Crippen molar-refractivity contribution in [2.24, 2.45) is 5.73 Å². The molecule has 0 unspecified atom stereocenters. The highest BCUT2D eigenvalue weighted by Crippen LogP contribution is 2.12. The normalized spacial score (nSPS) is 15.6. The third-order valence-corrected chi connectivity index (χ3v) is 2.79. The van der Waals surface area contributed by atoms with Crippen LogP contribution in [0.25, 0.3) is 0 Å². The molecule has 0 saturated heterocycles. The van der Waals surface area contributed by atoms with E-state index in [0.29, 0.717) is 6.42 Å². The molecule has 1 atom stereocenters. The zero-order chi connectivity index (χ0) is 9.61. The quantitative estimate of drug-likeness (QED) is 0.622. The maximum absolute atomic E-state index is 10.6. The molecular formula is C8H17NO2S. The molecule has 72 valence electrons. The van der Waals surface area contributed by atoms with Gasteiger partial charge in [0.1, 0.15) is 5.54 Å². The molecule has 0 aromatic rings. The lowest BCUT2D eigenvalue weighted by Crippen LogP contribution is -2.45. The fourth-order valence-electron chi connectivity index (χ4n) is 0.638. The van der Waals surface area contributed by atoms with Gasteiger partial charge in [0.15, 0.2) is 0 Å². The Hall–Kier alpha value is -0.220. The molecule has 0 heterocycles. The summed E-state index contributed by atoms with van der Waals surface area (Å²) in [5.41, 5.74) is 4.47. The van der Waals surface area contributed by atoms with Gasteiger partial charge in [-0.25, -0.2) is 0 Å². The van der Waals surface area contributed by atoms with Crippen molar-refractivity contribution in [3.05, 3.63) is 0 Å². The molecule has 4 heteroatoms. The second-order valence-electron chi connectivity index (χ2n) is 3.08. The zero-order valence-electron chi connectivity index (χ0n) is 7.67. The summed E-state index contributed by atoms with van der Waals surface area (Å²) >= 11 is 1.75. The Kier molecular flexibility index (Phi) is 5.33. The summed E-state index contributed by atoms with van der Waals surface area (Å²) in [6.07, 6.45) is 1.66. The maximum atomic E-state index is 10.6. The second-order valence-corrected chi connectivity index (χ2v) is 4.31. The molecule has 0 aliphatic heterocycles. The van der Waals surface area contributed by atoms with Crippen LogP contribution >= 0.6 is 11.8 Å². The Balaban J connectivity index is 3.54. The topological polar surface area (TPSA) is 63.3 Å². The van der Waals surface area contributed by atoms with E-state index in [-0.39, 0.29) is 0 Å². The zero-order valence-corrected chi connectivity index (χ0v) is 8.49. The van der Waals surface area contributed by atoms with E-state index in [9.17, 15) is 4.79 Å². The number of carbonyl (C=O) groups is 1. The number of nitrogens with two attached hydrogens (primary N) is 1. The van der Waals surface area contributed by atoms with Gasteiger partial charge in [-0.1, -0.05) is 6.92 Å². The van der Waals surface area contributed by atoms with Gasteiger partial charge in [0.05, 0.1) is 0 Å². The number of hydrogen-bond donors (Lipinski definition) is 2. The molecule has 0 spiro atoms. The van der Waals surface area contributed by atoms with Gasteiger partial charge in [-0.2, -0.15) is 11.8 Å². The van der Waals surface area contributed by atoms with Gasteiger partial charge in [-0.05, 0) is 31.3 Å². The molecule has 0 fully saturated rings. The molecule has 12 heavy (non-hydrogen) atoms. The molecule has 0 aromatic heterocycles. The minimum atomic E-state index is -1.05. The summed E-state index contributed by atoms with van der Waals surface area (Å²) in [5.74, 6) is 0.989. The molecule has 0 rings (SSSR count). The molecule has 0 bridgehead atoms. The van der Waals surface area contributed by atoms with Gasteiger partial charge in [-0.15, -0.1) is 0 Å². The van der Waals surface area contributed by atoms with Gasteiger partial charge in [0, 0.05) is 0 Å². The third-order valence-electron chi connectivity index (χ3n) is 1.60. The number of carboxylic acid groups (broad SMARTS) is 1. The van der Waals surface area contributed by atoms with Crippen LogP contribution < -0.4 is 5.73 Å². The minimum Gasteiger partial charge on any atom is -0.480 e. The van der Waals surface area contributed by atoms with Crippen molar-refractivity contribution in [1.82, 2.24) is 0 Å². The molecule has 0 aliphatic rings. The number of hydrogen-bond acceptors (Lipinski definition) is 3. The molecule has 0 radical (unpaired) electrons. The van der Waals surface area contributed by atoms with Crippen LogP contribution in [0.15, 0.2) is 0 Å². The van der Waals surface area contributed by atoms with Crippen LogP contribution in [0, 0.1) is 0 Å². The Bertz CT molecular complexity index is 148. The average Bonchev–Trinajstić information content (AvgIpc) is 1.98. The van der Waals surface area contributed by atoms with Crippen LogP contribution in [-0.2, 0) is 4.79 Å². The fraction of sp³-hybridized carbons (Fsp3) is 0.875. The standard InChI is InChI=1S/C8H17NO2S/c1-3-5-12-6-4-8(2,9)7(10)11/h3-6,9H2,1-2H3,(H,10,11)/t8-/m0/s1. The van der Waals surface area contributed by atoms with Gasteiger partial charge >= 0.3 is 5.97 Å². The lowest BCUT2D eigenvalue weighted by atomic mass is 10.0. The van der Waals surface area contributed by atoms with E-state index in [1.165, 1.54) is 0 Å². The Labute approximate surface area is 77.7 Å². The van der Waals surface area contributed by atoms with Crippen LogP contribution in [0.2, 0.25) is 0 Å². The third kappa shape index (κ3) is 4.62. The van der Waals surface area contributed by atoms with E-state index in [0.717, 1.165) is 17.9 Å². The molecule has 0 aromatic carbocycles. The number of rotatable bonds is 6. The van der Waals surface area contributed by atoms with Crippen molar-refractivity contribution >= 4 is 17.7 Å². The van der Waals surface area contributed by atoms with E-state index in [1.807, 2.05) is 0 Å². The Morgan fingerprint density at radius 3 is 2.58 bits per heavy atom. The van der Waals surface area contributed by atoms with E-state index >= 15 is 0 Å². The summed E-state index contributed by atoms with van der Waals surface area (Å²) < 4.78 is 0. The van der Waals surface area contributed by atoms with Crippen LogP contribution in [0.1, 0.15) is 26.7 Å². The van der Waals surface area contributed by atoms with Crippen LogP contribution in [0.4, 0.5) is 0 Å². The van der Waals surface area contributed by atoms with E-state index in [2.05, 4.69) is 6.92 Å². The summed E-state index contributed by atoms with van der Waals surface area (Å²) in [6, 6.07) is 0. The summed E-state index contributed by atoms with van der Waals surface area (Å²) in [6.45, 7) is 3.66. The van der Waals surface area contributed by atoms with Crippen molar-refractivity contribution < 1.29 is 9.90 Å². The lowest BCUT2D eigenvalue weighted by Gasteiger charge is -2.18. The Morgan fingerprint density at radius 1 is 1.58 bits per heavy atom. The SMILES string of the molecule is CCCSCC[C@](C)(N)C(=O)O. The van der Waals surface area contributed by atoms with Gasteiger partial charge in [0.2, 0.25) is 0 Å². The number of aliphatic carboxylic acids is 1. The maximum Gasteiger partial charge on any atom is 0.323 e. The number of thioether (sulfide) groups is 1. The summed E-state index contributed by atoms with van der Waals surface area (Å²) in [4.78, 5) is 10.6. The first-order valence-electron chi connectivity index (χ1n) is 4.10. The van der Waals surface area contributed by atoms with Crippen molar-refractivity contribution in [3.8, 4) is 0 Å². The van der Waals surface area contributed by atoms with E-state index < -0.39 is 11.5 Å². The highest BCUT2D eigenvalue weighted by Gasteiger charge is 2.26. The van der Waals surface area contributed by atoms with Crippen LogP contribution in [0.3, 0.4) is 0 Å². The predicted molar refractivity (Wildman–Crippen MR) is 52.5 cm³/mol. The monoisotopic (exact) mass is 191 g/mol. The van der Waals surface area contributed by atoms with Gasteiger partial charge in [-0.3, -0.25) is 4.79 Å². The van der Waals surface area contributed by atoms with Crippen molar-refractivity contribution in [2.45, 2.75) is 32.2 Å². The van der Waals surface area contributed by atoms with Gasteiger partial charge < -0.3 is 10.8 Å². The number of carboxylic acids is 1. The predicted octanol–water partition coefficient (Wildman–Crippen LogP) is 1.32. The highest BCUT2D eigenvalue weighted by atomic mass is 32.2. The van der Waals surface area contributed by atoms with Crippen molar-refractivity contribution in [1.29, 1.82) is 0 Å². The fourth-order valence-corrected chi connectivity index (χ4v) is 1.70. The average molecular weight is 191 g/mol. The summed E-state index contributed by atoms with van der Waals surface area (Å²) in [7, 11) is 0. The van der Waals surface area contributed by atoms with Crippen LogP contribution in [0.5, 0.6) is 0 Å². The Morgan fingerprint density at radius 2 is 2.17 bits per heavy atom. The summed E-state index contributed by atoms with van der Waals surface area (Å²) in [5, 5.41) is 8.66. The lowest BCUT2D eigenvalue weighted by molar-refractivity contribution is -0.142. The van der Waals surface area contributed by atoms with E-state index in [1.54, 1.807) is 18.7 Å². The van der Waals surface area contributed by atoms with Crippen molar-refractivity contribution in [3.63, 3.8) is 0 Å².